The monoisotopic (exact) mass is 226 g/mol. The number of hydrogen-bond acceptors (Lipinski definition) is 2. The van der Waals surface area contributed by atoms with Gasteiger partial charge in [0.05, 0.1) is 11.5 Å². The van der Waals surface area contributed by atoms with Crippen molar-refractivity contribution in [2.24, 2.45) is 5.92 Å². The van der Waals surface area contributed by atoms with E-state index in [9.17, 15) is 4.79 Å². The number of carbonyl (C=O) groups is 1. The Morgan fingerprint density at radius 3 is 2.59 bits per heavy atom. The first-order valence-corrected chi connectivity index (χ1v) is 5.84. The van der Waals surface area contributed by atoms with Crippen LogP contribution in [0, 0.1) is 5.92 Å². The summed E-state index contributed by atoms with van der Waals surface area (Å²) in [5, 5.41) is 0. The lowest BCUT2D eigenvalue weighted by Crippen LogP contribution is -2.37. The van der Waals surface area contributed by atoms with Crippen LogP contribution in [0.1, 0.15) is 24.2 Å². The number of fused-ring (bicyclic) bond motifs is 2. The van der Waals surface area contributed by atoms with Gasteiger partial charge in [0.25, 0.3) is 0 Å². The van der Waals surface area contributed by atoms with Crippen LogP contribution in [0.4, 0.5) is 0 Å². The number of ether oxygens (including phenoxy) is 1. The maximum atomic E-state index is 12.3. The summed E-state index contributed by atoms with van der Waals surface area (Å²) in [5.74, 6) is 0.712. The summed E-state index contributed by atoms with van der Waals surface area (Å²) >= 11 is 0. The highest BCUT2D eigenvalue weighted by atomic mass is 16.5. The van der Waals surface area contributed by atoms with Crippen molar-refractivity contribution in [3.05, 3.63) is 53.1 Å². The minimum atomic E-state index is -0.159. The molecule has 1 heterocycles. The molecule has 17 heavy (non-hydrogen) atoms. The fourth-order valence-electron chi connectivity index (χ4n) is 2.41. The maximum Gasteiger partial charge on any atom is 0.177 e. The lowest BCUT2D eigenvalue weighted by atomic mass is 9.82. The molecule has 0 amide bonds. The van der Waals surface area contributed by atoms with Crippen LogP contribution in [0.2, 0.25) is 0 Å². The standard InChI is InChI=1S/C15H14O2/c1-9-7-12-14(8-10(9)2)17-13-6-4-3-5-11(13)15(12)16/h3-8,12,14H,1-2H3/t12-,14-/m0/s1. The number of benzene rings is 1. The van der Waals surface area contributed by atoms with Gasteiger partial charge in [-0.3, -0.25) is 4.79 Å². The topological polar surface area (TPSA) is 26.3 Å². The molecule has 0 saturated carbocycles. The van der Waals surface area contributed by atoms with Crippen molar-refractivity contribution < 1.29 is 9.53 Å². The third-order valence-corrected chi connectivity index (χ3v) is 3.54. The first kappa shape index (κ1) is 10.3. The van der Waals surface area contributed by atoms with E-state index in [1.807, 2.05) is 43.3 Å². The number of rotatable bonds is 0. The second kappa shape index (κ2) is 3.59. The van der Waals surface area contributed by atoms with Crippen LogP contribution >= 0.6 is 0 Å². The number of Topliss-reactive ketones (excluding diaryl/α,β-unsaturated/α-hetero) is 1. The first-order valence-electron chi connectivity index (χ1n) is 5.84. The van der Waals surface area contributed by atoms with Crippen LogP contribution in [-0.2, 0) is 0 Å². The Bertz CT molecular complexity index is 552. The Hall–Kier alpha value is -1.83. The largest absolute Gasteiger partial charge is 0.484 e. The van der Waals surface area contributed by atoms with E-state index in [0.29, 0.717) is 11.3 Å². The maximum absolute atomic E-state index is 12.3. The zero-order chi connectivity index (χ0) is 12.0. The normalized spacial score (nSPS) is 26.4. The number of carbonyl (C=O) groups excluding carboxylic acids is 1. The van der Waals surface area contributed by atoms with Crippen LogP contribution in [0.25, 0.3) is 0 Å². The molecule has 1 aliphatic heterocycles. The van der Waals surface area contributed by atoms with Crippen molar-refractivity contribution in [1.82, 2.24) is 0 Å². The van der Waals surface area contributed by atoms with Crippen molar-refractivity contribution in [2.45, 2.75) is 20.0 Å². The van der Waals surface area contributed by atoms with Crippen molar-refractivity contribution in [1.29, 1.82) is 0 Å². The summed E-state index contributed by atoms with van der Waals surface area (Å²) in [7, 11) is 0. The second-order valence-corrected chi connectivity index (χ2v) is 4.67. The van der Waals surface area contributed by atoms with E-state index in [4.69, 9.17) is 4.74 Å². The van der Waals surface area contributed by atoms with Gasteiger partial charge in [0, 0.05) is 0 Å². The number of hydrogen-bond donors (Lipinski definition) is 0. The molecule has 2 nitrogen and oxygen atoms in total. The molecule has 1 aliphatic carbocycles. The SMILES string of the molecule is CC1=C[C@@H]2Oc3ccccc3C(=O)[C@H]2C=C1C. The molecule has 2 atom stereocenters. The van der Waals surface area contributed by atoms with Crippen molar-refractivity contribution in [3.63, 3.8) is 0 Å². The molecule has 0 fully saturated rings. The molecule has 1 aromatic carbocycles. The van der Waals surface area contributed by atoms with Crippen molar-refractivity contribution in [2.75, 3.05) is 0 Å². The molecule has 86 valence electrons. The highest BCUT2D eigenvalue weighted by molar-refractivity contribution is 6.03. The Kier molecular flexibility index (Phi) is 2.18. The average molecular weight is 226 g/mol. The molecule has 0 bridgehead atoms. The fraction of sp³-hybridized carbons (Fsp3) is 0.267. The van der Waals surface area contributed by atoms with Crippen molar-refractivity contribution >= 4 is 5.78 Å². The van der Waals surface area contributed by atoms with Gasteiger partial charge < -0.3 is 4.74 Å². The quantitative estimate of drug-likeness (QED) is 0.679. The minimum absolute atomic E-state index is 0.138. The molecule has 0 unspecified atom stereocenters. The molecule has 2 heteroatoms. The van der Waals surface area contributed by atoms with E-state index in [1.54, 1.807) is 0 Å². The van der Waals surface area contributed by atoms with Crippen LogP contribution in [0.5, 0.6) is 5.75 Å². The van der Waals surface area contributed by atoms with Crippen LogP contribution in [0.15, 0.2) is 47.6 Å². The predicted octanol–water partition coefficient (Wildman–Crippen LogP) is 3.15. The summed E-state index contributed by atoms with van der Waals surface area (Å²) in [6, 6.07) is 7.47. The van der Waals surface area contributed by atoms with Crippen molar-refractivity contribution in [3.8, 4) is 5.75 Å². The average Bonchev–Trinajstić information content (AvgIpc) is 2.32. The fourth-order valence-corrected chi connectivity index (χ4v) is 2.41. The smallest absolute Gasteiger partial charge is 0.177 e. The molecular weight excluding hydrogens is 212 g/mol. The number of ketones is 1. The second-order valence-electron chi connectivity index (χ2n) is 4.67. The molecule has 0 aromatic heterocycles. The lowest BCUT2D eigenvalue weighted by molar-refractivity contribution is 0.0804. The summed E-state index contributed by atoms with van der Waals surface area (Å²) in [6.45, 7) is 4.09. The van der Waals surface area contributed by atoms with E-state index >= 15 is 0 Å². The van der Waals surface area contributed by atoms with E-state index in [1.165, 1.54) is 11.1 Å². The zero-order valence-corrected chi connectivity index (χ0v) is 9.94. The summed E-state index contributed by atoms with van der Waals surface area (Å²) in [6.07, 6.45) is 3.94. The van der Waals surface area contributed by atoms with Gasteiger partial charge in [-0.25, -0.2) is 0 Å². The number of allylic oxidation sites excluding steroid dienone is 2. The summed E-state index contributed by atoms with van der Waals surface area (Å²) in [5.41, 5.74) is 3.06. The molecule has 3 rings (SSSR count). The molecular formula is C15H14O2. The Morgan fingerprint density at radius 2 is 1.76 bits per heavy atom. The first-order chi connectivity index (χ1) is 8.16. The third-order valence-electron chi connectivity index (χ3n) is 3.54. The van der Waals surface area contributed by atoms with Crippen LogP contribution in [-0.4, -0.2) is 11.9 Å². The lowest BCUT2D eigenvalue weighted by Gasteiger charge is -2.32. The zero-order valence-electron chi connectivity index (χ0n) is 9.94. The molecule has 0 spiro atoms. The Balaban J connectivity index is 2.09. The highest BCUT2D eigenvalue weighted by Crippen LogP contribution is 2.35. The van der Waals surface area contributed by atoms with E-state index in [-0.39, 0.29) is 17.8 Å². The van der Waals surface area contributed by atoms with Gasteiger partial charge in [-0.05, 0) is 37.6 Å². The van der Waals surface area contributed by atoms with Gasteiger partial charge in [-0.15, -0.1) is 0 Å². The van der Waals surface area contributed by atoms with Gasteiger partial charge >= 0.3 is 0 Å². The van der Waals surface area contributed by atoms with Gasteiger partial charge in [0.2, 0.25) is 0 Å². The molecule has 1 aromatic rings. The minimum Gasteiger partial charge on any atom is -0.484 e. The highest BCUT2D eigenvalue weighted by Gasteiger charge is 2.36. The molecule has 0 radical (unpaired) electrons. The third kappa shape index (κ3) is 1.52. The van der Waals surface area contributed by atoms with Gasteiger partial charge in [-0.1, -0.05) is 23.8 Å². The summed E-state index contributed by atoms with van der Waals surface area (Å²) < 4.78 is 5.88. The molecule has 2 aliphatic rings. The predicted molar refractivity (Wildman–Crippen MR) is 66.2 cm³/mol. The van der Waals surface area contributed by atoms with E-state index < -0.39 is 0 Å². The molecule has 0 saturated heterocycles. The van der Waals surface area contributed by atoms with Gasteiger partial charge in [-0.2, -0.15) is 0 Å². The Labute approximate surface area is 101 Å². The van der Waals surface area contributed by atoms with Gasteiger partial charge in [0.1, 0.15) is 11.9 Å². The molecule has 0 N–H and O–H groups in total. The number of para-hydroxylation sites is 1. The van der Waals surface area contributed by atoms with Crippen LogP contribution < -0.4 is 4.74 Å². The van der Waals surface area contributed by atoms with E-state index in [0.717, 1.165) is 0 Å². The Morgan fingerprint density at radius 1 is 1.06 bits per heavy atom. The van der Waals surface area contributed by atoms with E-state index in [2.05, 4.69) is 6.92 Å². The van der Waals surface area contributed by atoms with Gasteiger partial charge in [0.15, 0.2) is 5.78 Å². The van der Waals surface area contributed by atoms with Crippen LogP contribution in [0.3, 0.4) is 0 Å². The summed E-state index contributed by atoms with van der Waals surface area (Å²) in [4.78, 5) is 12.3.